The normalized spacial score (nSPS) is 17.5. The van der Waals surface area contributed by atoms with E-state index in [2.05, 4.69) is 54.0 Å². The number of alkyl halides is 3. The number of amides is 2. The maximum atomic E-state index is 13.8. The number of primary amides is 1. The van der Waals surface area contributed by atoms with Crippen LogP contribution in [0.2, 0.25) is 0 Å². The van der Waals surface area contributed by atoms with E-state index in [-0.39, 0.29) is 97.2 Å². The molecule has 2 aromatic carbocycles. The van der Waals surface area contributed by atoms with Crippen LogP contribution in [0.1, 0.15) is 50.5 Å². The van der Waals surface area contributed by atoms with Crippen LogP contribution in [0.4, 0.5) is 13.2 Å². The van der Waals surface area contributed by atoms with Gasteiger partial charge in [0.05, 0.1) is 19.3 Å². The van der Waals surface area contributed by atoms with Crippen molar-refractivity contribution in [2.75, 3.05) is 53.0 Å². The SMILES string of the molecule is CCOc1nc(OC)c(CN2C[C@@H]3CN(C(=O)c4nccnc4C(N)=O)CCN3[C@H](C(c3ccccc3)c3ccccc3)C2)c(OCC(F)(F)F)n1.Cl.Cl. The molecule has 0 aliphatic carbocycles. The zero-order valence-corrected chi connectivity index (χ0v) is 31.1. The van der Waals surface area contributed by atoms with Crippen molar-refractivity contribution in [1.82, 2.24) is 34.6 Å². The van der Waals surface area contributed by atoms with Crippen molar-refractivity contribution in [3.8, 4) is 17.8 Å². The lowest BCUT2D eigenvalue weighted by atomic mass is 9.81. The summed E-state index contributed by atoms with van der Waals surface area (Å²) in [6, 6.07) is 19.6. The first-order valence-electron chi connectivity index (χ1n) is 16.8. The Morgan fingerprint density at radius 3 is 2.06 bits per heavy atom. The van der Waals surface area contributed by atoms with E-state index < -0.39 is 24.6 Å². The number of nitrogens with zero attached hydrogens (tertiary/aromatic N) is 7. The molecular weight excluding hydrogens is 752 g/mol. The minimum Gasteiger partial charge on any atom is -0.481 e. The summed E-state index contributed by atoms with van der Waals surface area (Å²) >= 11 is 0. The monoisotopic (exact) mass is 792 g/mol. The minimum atomic E-state index is -4.62. The first-order chi connectivity index (χ1) is 25.1. The van der Waals surface area contributed by atoms with Crippen molar-refractivity contribution in [3.05, 3.63) is 101 Å². The number of nitrogens with two attached hydrogens (primary N) is 1. The lowest BCUT2D eigenvalue weighted by Gasteiger charge is -2.53. The molecule has 2 atom stereocenters. The van der Waals surface area contributed by atoms with Gasteiger partial charge in [-0.1, -0.05) is 60.7 Å². The molecule has 0 unspecified atom stereocenters. The van der Waals surface area contributed by atoms with Gasteiger partial charge in [0, 0.05) is 69.7 Å². The summed E-state index contributed by atoms with van der Waals surface area (Å²) in [7, 11) is 1.37. The summed E-state index contributed by atoms with van der Waals surface area (Å²) < 4.78 is 56.4. The second-order valence-corrected chi connectivity index (χ2v) is 12.5. The summed E-state index contributed by atoms with van der Waals surface area (Å²) in [6.45, 7) is 2.42. The Bertz CT molecular complexity index is 1830. The molecule has 2 saturated heterocycles. The van der Waals surface area contributed by atoms with Gasteiger partial charge in [0.2, 0.25) is 11.8 Å². The number of methoxy groups -OCH3 is 1. The van der Waals surface area contributed by atoms with Crippen LogP contribution in [0, 0.1) is 0 Å². The van der Waals surface area contributed by atoms with Crippen LogP contribution in [-0.2, 0) is 6.54 Å². The summed E-state index contributed by atoms with van der Waals surface area (Å²) in [5.74, 6) is -1.71. The van der Waals surface area contributed by atoms with Gasteiger partial charge < -0.3 is 24.8 Å². The number of rotatable bonds is 12. The Morgan fingerprint density at radius 2 is 1.48 bits per heavy atom. The number of fused-ring (bicyclic) bond motifs is 1. The molecular formula is C36H41Cl2F3N8O5. The fourth-order valence-electron chi connectivity index (χ4n) is 7.02. The zero-order valence-electron chi connectivity index (χ0n) is 29.5. The second kappa shape index (κ2) is 18.5. The average molecular weight is 794 g/mol. The number of hydrogen-bond acceptors (Lipinski definition) is 11. The summed E-state index contributed by atoms with van der Waals surface area (Å²) in [5.41, 5.74) is 7.58. The van der Waals surface area contributed by atoms with Crippen molar-refractivity contribution in [3.63, 3.8) is 0 Å². The highest BCUT2D eigenvalue weighted by atomic mass is 35.5. The smallest absolute Gasteiger partial charge is 0.422 e. The van der Waals surface area contributed by atoms with E-state index in [1.165, 1.54) is 19.5 Å². The zero-order chi connectivity index (χ0) is 36.8. The molecule has 0 spiro atoms. The van der Waals surface area contributed by atoms with Crippen molar-refractivity contribution in [2.45, 2.75) is 37.6 Å². The predicted molar refractivity (Wildman–Crippen MR) is 197 cm³/mol. The molecule has 0 radical (unpaired) electrons. The van der Waals surface area contributed by atoms with Crippen molar-refractivity contribution in [1.29, 1.82) is 0 Å². The fourth-order valence-corrected chi connectivity index (χ4v) is 7.02. The molecule has 54 heavy (non-hydrogen) atoms. The Kier molecular flexibility index (Phi) is 14.4. The van der Waals surface area contributed by atoms with Gasteiger partial charge >= 0.3 is 12.2 Å². The van der Waals surface area contributed by atoms with Crippen LogP contribution < -0.4 is 19.9 Å². The van der Waals surface area contributed by atoms with E-state index in [1.54, 1.807) is 11.8 Å². The second-order valence-electron chi connectivity index (χ2n) is 12.5. The molecule has 2 aromatic heterocycles. The molecule has 2 N–H and O–H groups in total. The van der Waals surface area contributed by atoms with Gasteiger partial charge in [-0.25, -0.2) is 9.97 Å². The molecule has 6 rings (SSSR count). The lowest BCUT2D eigenvalue weighted by molar-refractivity contribution is -0.154. The molecule has 13 nitrogen and oxygen atoms in total. The van der Waals surface area contributed by atoms with E-state index in [9.17, 15) is 22.8 Å². The van der Waals surface area contributed by atoms with E-state index >= 15 is 0 Å². The Labute approximate surface area is 322 Å². The van der Waals surface area contributed by atoms with Crippen LogP contribution in [-0.4, -0.2) is 118 Å². The number of halogens is 5. The molecule has 2 fully saturated rings. The van der Waals surface area contributed by atoms with Gasteiger partial charge in [0.25, 0.3) is 11.8 Å². The first kappa shape index (κ1) is 42.0. The number of hydrogen-bond donors (Lipinski definition) is 1. The largest absolute Gasteiger partial charge is 0.481 e. The van der Waals surface area contributed by atoms with Crippen LogP contribution >= 0.6 is 24.8 Å². The maximum Gasteiger partial charge on any atom is 0.422 e. The van der Waals surface area contributed by atoms with Gasteiger partial charge in [0.1, 0.15) is 0 Å². The molecule has 18 heteroatoms. The molecule has 4 heterocycles. The molecule has 0 bridgehead atoms. The third-order valence-electron chi connectivity index (χ3n) is 9.12. The summed E-state index contributed by atoms with van der Waals surface area (Å²) in [6.07, 6.45) is -1.98. The highest BCUT2D eigenvalue weighted by molar-refractivity contribution is 6.04. The minimum absolute atomic E-state index is 0. The highest BCUT2D eigenvalue weighted by Gasteiger charge is 2.44. The van der Waals surface area contributed by atoms with Gasteiger partial charge in [-0.15, -0.1) is 24.8 Å². The number of carbonyl (C=O) groups is 2. The van der Waals surface area contributed by atoms with Crippen LogP contribution in [0.5, 0.6) is 17.8 Å². The first-order valence-corrected chi connectivity index (χ1v) is 16.8. The van der Waals surface area contributed by atoms with Gasteiger partial charge in [-0.05, 0) is 18.1 Å². The molecule has 4 aromatic rings. The standard InChI is InChI=1S/C36H39F3N8O5.2ClH/c1-3-51-35-43-32(50-2)26(33(44-35)52-22-36(37,38)39)20-45-18-25-19-46(34(49)30-29(31(40)48)41-14-15-42-30)16-17-47(25)27(21-45)28(23-10-6-4-7-11-23)24-12-8-5-9-13-24;;/h4-15,25,27-28H,3,16-22H2,1-2H3,(H2,40,48);2*1H/t25-,27+;;/m1../s1. The van der Waals surface area contributed by atoms with E-state index in [0.717, 1.165) is 11.1 Å². The predicted octanol–water partition coefficient (Wildman–Crippen LogP) is 4.40. The molecule has 2 aliphatic heterocycles. The Balaban J connectivity index is 0.00000325. The highest BCUT2D eigenvalue weighted by Crippen LogP contribution is 2.38. The van der Waals surface area contributed by atoms with Gasteiger partial charge in [-0.3, -0.25) is 19.4 Å². The van der Waals surface area contributed by atoms with E-state index in [4.69, 9.17) is 19.9 Å². The Hall–Kier alpha value is -4.77. The molecule has 290 valence electrons. The summed E-state index contributed by atoms with van der Waals surface area (Å²) in [5, 5.41) is 0. The van der Waals surface area contributed by atoms with E-state index in [0.29, 0.717) is 26.2 Å². The van der Waals surface area contributed by atoms with Crippen LogP contribution in [0.3, 0.4) is 0 Å². The molecule has 0 saturated carbocycles. The quantitative estimate of drug-likeness (QED) is 0.218. The molecule has 2 aliphatic rings. The van der Waals surface area contributed by atoms with Crippen molar-refractivity contribution < 1.29 is 37.0 Å². The summed E-state index contributed by atoms with van der Waals surface area (Å²) in [4.78, 5) is 48.7. The van der Waals surface area contributed by atoms with E-state index in [1.807, 2.05) is 36.4 Å². The van der Waals surface area contributed by atoms with Crippen LogP contribution in [0.15, 0.2) is 73.1 Å². The Morgan fingerprint density at radius 1 is 0.870 bits per heavy atom. The topological polar surface area (TPSA) is 149 Å². The maximum absolute atomic E-state index is 13.8. The van der Waals surface area contributed by atoms with Gasteiger partial charge in [-0.2, -0.15) is 23.1 Å². The number of ether oxygens (including phenoxy) is 3. The third kappa shape index (κ3) is 9.66. The van der Waals surface area contributed by atoms with Gasteiger partial charge in [0.15, 0.2) is 18.0 Å². The fraction of sp³-hybridized carbons (Fsp3) is 0.389. The number of benzene rings is 2. The number of carbonyl (C=O) groups excluding carboxylic acids is 2. The average Bonchev–Trinajstić information content (AvgIpc) is 3.14. The third-order valence-corrected chi connectivity index (χ3v) is 9.12. The number of piperazine rings is 2. The van der Waals surface area contributed by atoms with Crippen LogP contribution in [0.25, 0.3) is 0 Å². The number of aromatic nitrogens is 4. The molecule has 2 amide bonds. The van der Waals surface area contributed by atoms with Crippen molar-refractivity contribution >= 4 is 36.6 Å². The van der Waals surface area contributed by atoms with Crippen molar-refractivity contribution in [2.24, 2.45) is 5.73 Å². The lowest BCUT2D eigenvalue weighted by Crippen LogP contribution is -2.67.